The first-order valence-corrected chi connectivity index (χ1v) is 10.3. The van der Waals surface area contributed by atoms with Crippen LogP contribution >= 0.6 is 0 Å². The van der Waals surface area contributed by atoms with Crippen molar-refractivity contribution in [3.05, 3.63) is 24.4 Å². The molecule has 1 N–H and O–H groups in total. The van der Waals surface area contributed by atoms with Gasteiger partial charge in [0.15, 0.2) is 11.9 Å². The van der Waals surface area contributed by atoms with Crippen LogP contribution in [0.2, 0.25) is 0 Å². The molecule has 1 aromatic rings. The van der Waals surface area contributed by atoms with E-state index >= 15 is 0 Å². The van der Waals surface area contributed by atoms with Gasteiger partial charge in [-0.15, -0.1) is 0 Å². The van der Waals surface area contributed by atoms with Crippen molar-refractivity contribution in [2.75, 3.05) is 5.32 Å². The molecule has 1 spiro atoms. The molecule has 1 aliphatic carbocycles. The Bertz CT molecular complexity index is 760. The first kappa shape index (κ1) is 18.5. The molecule has 2 bridgehead atoms. The van der Waals surface area contributed by atoms with E-state index in [0.29, 0.717) is 17.7 Å². The number of aromatic nitrogens is 1. The van der Waals surface area contributed by atoms with Gasteiger partial charge in [-0.1, -0.05) is 19.9 Å². The Balaban J connectivity index is 1.47. The van der Waals surface area contributed by atoms with Crippen LogP contribution in [0.25, 0.3) is 0 Å². The fourth-order valence-corrected chi connectivity index (χ4v) is 5.84. The summed E-state index contributed by atoms with van der Waals surface area (Å²) in [7, 11) is 0. The zero-order valence-corrected chi connectivity index (χ0v) is 16.6. The number of carbonyl (C=O) groups excluding carboxylic acids is 1. The fraction of sp³-hybridized carbons (Fsp3) is 0.714. The van der Waals surface area contributed by atoms with Crippen LogP contribution in [0.3, 0.4) is 0 Å². The molecule has 0 radical (unpaired) electrons. The van der Waals surface area contributed by atoms with Crippen molar-refractivity contribution in [2.45, 2.75) is 70.2 Å². The first-order valence-electron chi connectivity index (χ1n) is 10.3. The Morgan fingerprint density at radius 2 is 2.04 bits per heavy atom. The van der Waals surface area contributed by atoms with E-state index < -0.39 is 23.8 Å². The molecule has 1 amide bonds. The van der Waals surface area contributed by atoms with Gasteiger partial charge < -0.3 is 14.8 Å². The Kier molecular flexibility index (Phi) is 4.28. The maximum atomic E-state index is 13.0. The van der Waals surface area contributed by atoms with Crippen molar-refractivity contribution in [1.82, 2.24) is 4.98 Å². The molecule has 4 saturated heterocycles. The van der Waals surface area contributed by atoms with E-state index in [4.69, 9.17) is 19.2 Å². The summed E-state index contributed by atoms with van der Waals surface area (Å²) >= 11 is 0. The zero-order chi connectivity index (χ0) is 19.5. The third-order valence-electron chi connectivity index (χ3n) is 7.33. The number of anilines is 1. The molecule has 7 nitrogen and oxygen atoms in total. The van der Waals surface area contributed by atoms with Crippen LogP contribution in [-0.4, -0.2) is 34.7 Å². The molecule has 28 heavy (non-hydrogen) atoms. The Labute approximate surface area is 165 Å². The molecular weight excluding hydrogens is 360 g/mol. The highest BCUT2D eigenvalue weighted by Gasteiger charge is 2.69. The van der Waals surface area contributed by atoms with Gasteiger partial charge >= 0.3 is 0 Å². The van der Waals surface area contributed by atoms with Crippen LogP contribution in [0, 0.1) is 23.7 Å². The van der Waals surface area contributed by atoms with Crippen molar-refractivity contribution < 1.29 is 24.0 Å². The summed E-state index contributed by atoms with van der Waals surface area (Å²) in [5.41, 5.74) is -0.644. The van der Waals surface area contributed by atoms with Crippen molar-refractivity contribution in [3.8, 4) is 0 Å². The van der Waals surface area contributed by atoms with Gasteiger partial charge in [0.2, 0.25) is 5.79 Å². The van der Waals surface area contributed by atoms with Gasteiger partial charge in [0, 0.05) is 18.5 Å². The summed E-state index contributed by atoms with van der Waals surface area (Å²) in [6.07, 6.45) is 4.24. The highest BCUT2D eigenvalue weighted by Crippen LogP contribution is 2.60. The molecule has 1 saturated carbocycles. The second kappa shape index (κ2) is 6.49. The summed E-state index contributed by atoms with van der Waals surface area (Å²) in [4.78, 5) is 29.2. The van der Waals surface area contributed by atoms with E-state index in [2.05, 4.69) is 24.1 Å². The van der Waals surface area contributed by atoms with Crippen LogP contribution in [0.15, 0.2) is 24.4 Å². The molecule has 1 aromatic heterocycles. The predicted octanol–water partition coefficient (Wildman–Crippen LogP) is 3.27. The van der Waals surface area contributed by atoms with Crippen molar-refractivity contribution in [3.63, 3.8) is 0 Å². The lowest BCUT2D eigenvalue weighted by Gasteiger charge is -2.60. The normalized spacial score (nSPS) is 47.1. The lowest BCUT2D eigenvalue weighted by Crippen LogP contribution is -2.71. The number of nitrogens with zero attached hydrogens (tertiary/aromatic N) is 1. The molecule has 152 valence electrons. The minimum atomic E-state index is -0.833. The van der Waals surface area contributed by atoms with E-state index in [0.717, 1.165) is 25.7 Å². The standard InChI is InChI=1S/C21H28N2O5/c1-12-7-8-15-13(2)17(18(24)23-16-6-4-5-11-22-16)25-19-21(15)14(12)9-10-20(3,26-19)27-28-21/h4-6,11-15,17,19H,7-10H2,1-3H3,(H,22,23,24)/t12-,13-,14+,15+,17-,19-,20-,21-/m1/s1. The summed E-state index contributed by atoms with van der Waals surface area (Å²) in [5, 5.41) is 2.88. The Morgan fingerprint density at radius 3 is 2.82 bits per heavy atom. The van der Waals surface area contributed by atoms with E-state index in [1.165, 1.54) is 0 Å². The minimum Gasteiger partial charge on any atom is -0.336 e. The smallest absolute Gasteiger partial charge is 0.255 e. The van der Waals surface area contributed by atoms with Gasteiger partial charge in [0.05, 0.1) is 0 Å². The second-order valence-corrected chi connectivity index (χ2v) is 9.03. The maximum absolute atomic E-state index is 13.0. The van der Waals surface area contributed by atoms with Gasteiger partial charge in [-0.05, 0) is 56.1 Å². The number of pyridine rings is 1. The van der Waals surface area contributed by atoms with Crippen molar-refractivity contribution in [1.29, 1.82) is 0 Å². The number of hydrogen-bond donors (Lipinski definition) is 1. The number of ether oxygens (including phenoxy) is 2. The number of nitrogens with one attached hydrogen (secondary N) is 1. The van der Waals surface area contributed by atoms with Crippen molar-refractivity contribution >= 4 is 11.7 Å². The van der Waals surface area contributed by atoms with E-state index in [-0.39, 0.29) is 17.7 Å². The molecular formula is C21H28N2O5. The van der Waals surface area contributed by atoms with Crippen LogP contribution in [-0.2, 0) is 24.0 Å². The average molecular weight is 388 g/mol. The van der Waals surface area contributed by atoms with E-state index in [9.17, 15) is 4.79 Å². The highest BCUT2D eigenvalue weighted by molar-refractivity contribution is 5.93. The second-order valence-electron chi connectivity index (χ2n) is 9.03. The topological polar surface area (TPSA) is 78.9 Å². The summed E-state index contributed by atoms with van der Waals surface area (Å²) in [6, 6.07) is 5.43. The number of rotatable bonds is 2. The number of amides is 1. The fourth-order valence-electron chi connectivity index (χ4n) is 5.84. The molecule has 6 rings (SSSR count). The lowest BCUT2D eigenvalue weighted by atomic mass is 9.57. The van der Waals surface area contributed by atoms with E-state index in [1.54, 1.807) is 12.3 Å². The maximum Gasteiger partial charge on any atom is 0.255 e. The highest BCUT2D eigenvalue weighted by atomic mass is 17.3. The predicted molar refractivity (Wildman–Crippen MR) is 99.7 cm³/mol. The van der Waals surface area contributed by atoms with Gasteiger partial charge in [-0.25, -0.2) is 14.8 Å². The molecule has 5 heterocycles. The molecule has 5 aliphatic rings. The quantitative estimate of drug-likeness (QED) is 0.784. The monoisotopic (exact) mass is 388 g/mol. The lowest BCUT2D eigenvalue weighted by molar-refractivity contribution is -0.569. The van der Waals surface area contributed by atoms with Crippen LogP contribution in [0.5, 0.6) is 0 Å². The summed E-state index contributed by atoms with van der Waals surface area (Å²) in [6.45, 7) is 6.25. The molecule has 5 fully saturated rings. The molecule has 0 unspecified atom stereocenters. The third-order valence-corrected chi connectivity index (χ3v) is 7.33. The van der Waals surface area contributed by atoms with Gasteiger partial charge in [0.1, 0.15) is 11.9 Å². The third kappa shape index (κ3) is 2.64. The van der Waals surface area contributed by atoms with Gasteiger partial charge in [0.25, 0.3) is 5.91 Å². The Morgan fingerprint density at radius 1 is 1.18 bits per heavy atom. The summed E-state index contributed by atoms with van der Waals surface area (Å²) in [5.74, 6) is 0.405. The van der Waals surface area contributed by atoms with Crippen LogP contribution in [0.4, 0.5) is 5.82 Å². The number of carbonyl (C=O) groups is 1. The number of hydrogen-bond acceptors (Lipinski definition) is 6. The Hall–Kier alpha value is -1.54. The molecule has 4 aliphatic heterocycles. The SMILES string of the molecule is C[C@H]1[C@H](C(=O)Nc2ccccn2)O[C@@H]2O[C@@]3(C)CC[C@H]4[C@H](C)CC[C@@H]1[C@@]24OO3. The minimum absolute atomic E-state index is 0.0235. The molecule has 8 atom stereocenters. The van der Waals surface area contributed by atoms with Gasteiger partial charge in [-0.2, -0.15) is 0 Å². The van der Waals surface area contributed by atoms with Crippen LogP contribution < -0.4 is 5.32 Å². The molecule has 0 aromatic carbocycles. The first-order chi connectivity index (χ1) is 13.4. The van der Waals surface area contributed by atoms with E-state index in [1.807, 2.05) is 19.1 Å². The molecule has 7 heteroatoms. The summed E-state index contributed by atoms with van der Waals surface area (Å²) < 4.78 is 12.6. The van der Waals surface area contributed by atoms with Crippen molar-refractivity contribution in [2.24, 2.45) is 23.7 Å². The number of fused-ring (bicyclic) bond motifs is 2. The van der Waals surface area contributed by atoms with Gasteiger partial charge in [-0.3, -0.25) is 4.79 Å². The average Bonchev–Trinajstić information content (AvgIpc) is 2.91. The van der Waals surface area contributed by atoms with Crippen LogP contribution in [0.1, 0.15) is 46.5 Å². The zero-order valence-electron chi connectivity index (χ0n) is 16.6. The largest absolute Gasteiger partial charge is 0.336 e.